The van der Waals surface area contributed by atoms with Gasteiger partial charge in [-0.05, 0) is 38.1 Å². The van der Waals surface area contributed by atoms with Crippen LogP contribution in [0.5, 0.6) is 0 Å². The monoisotopic (exact) mass is 402 g/mol. The Morgan fingerprint density at radius 1 is 1.28 bits per heavy atom. The van der Waals surface area contributed by atoms with Gasteiger partial charge in [0, 0.05) is 38.9 Å². The van der Waals surface area contributed by atoms with Gasteiger partial charge in [0.15, 0.2) is 5.96 Å². The first-order valence-corrected chi connectivity index (χ1v) is 10.7. The molecule has 0 amide bonds. The molecule has 2 heterocycles. The third-order valence-electron chi connectivity index (χ3n) is 5.13. The molecule has 162 valence electrons. The van der Waals surface area contributed by atoms with Gasteiger partial charge in [-0.3, -0.25) is 14.6 Å². The Labute approximate surface area is 175 Å². The molecule has 0 spiro atoms. The Hall–Kier alpha value is -2.28. The lowest BCUT2D eigenvalue weighted by atomic mass is 10.1. The van der Waals surface area contributed by atoms with Crippen LogP contribution in [-0.4, -0.2) is 58.8 Å². The van der Waals surface area contributed by atoms with Crippen LogP contribution in [0.1, 0.15) is 63.6 Å². The van der Waals surface area contributed by atoms with E-state index >= 15 is 0 Å². The van der Waals surface area contributed by atoms with E-state index in [1.807, 2.05) is 23.9 Å². The molecule has 7 heteroatoms. The number of hydrogen-bond acceptors (Lipinski definition) is 4. The summed E-state index contributed by atoms with van der Waals surface area (Å²) in [6, 6.07) is 4.12. The number of furan rings is 1. The van der Waals surface area contributed by atoms with Gasteiger partial charge in [0.2, 0.25) is 0 Å². The minimum Gasteiger partial charge on any atom is -0.468 e. The Kier molecular flexibility index (Phi) is 8.76. The Morgan fingerprint density at radius 3 is 2.55 bits per heavy atom. The van der Waals surface area contributed by atoms with Gasteiger partial charge in [-0.2, -0.15) is 5.10 Å². The van der Waals surface area contributed by atoms with Crippen molar-refractivity contribution < 1.29 is 4.42 Å². The van der Waals surface area contributed by atoms with Crippen LogP contribution in [0.25, 0.3) is 0 Å². The van der Waals surface area contributed by atoms with E-state index in [9.17, 15) is 0 Å². The smallest absolute Gasteiger partial charge is 0.194 e. The molecule has 0 radical (unpaired) electrons. The van der Waals surface area contributed by atoms with Crippen LogP contribution in [0.2, 0.25) is 0 Å². The Bertz CT molecular complexity index is 745. The first-order chi connectivity index (χ1) is 13.9. The summed E-state index contributed by atoms with van der Waals surface area (Å²) in [4.78, 5) is 9.52. The zero-order valence-electron chi connectivity index (χ0n) is 19.1. The summed E-state index contributed by atoms with van der Waals surface area (Å²) in [5.74, 6) is 2.25. The van der Waals surface area contributed by atoms with E-state index < -0.39 is 0 Å². The highest BCUT2D eigenvalue weighted by molar-refractivity contribution is 5.79. The van der Waals surface area contributed by atoms with E-state index in [4.69, 9.17) is 9.41 Å². The van der Waals surface area contributed by atoms with Crippen molar-refractivity contribution in [3.8, 4) is 0 Å². The zero-order chi connectivity index (χ0) is 21.4. The molecule has 1 unspecified atom stereocenters. The van der Waals surface area contributed by atoms with E-state index in [0.717, 1.165) is 43.6 Å². The maximum absolute atomic E-state index is 5.72. The van der Waals surface area contributed by atoms with Gasteiger partial charge in [-0.25, -0.2) is 0 Å². The molecule has 0 saturated carbocycles. The summed E-state index contributed by atoms with van der Waals surface area (Å²) in [6.45, 7) is 15.0. The predicted molar refractivity (Wildman–Crippen MR) is 119 cm³/mol. The summed E-state index contributed by atoms with van der Waals surface area (Å²) >= 11 is 0. The lowest BCUT2D eigenvalue weighted by Gasteiger charge is -2.28. The number of nitrogens with one attached hydrogen (secondary N) is 1. The number of rotatable bonds is 10. The van der Waals surface area contributed by atoms with Gasteiger partial charge in [-0.15, -0.1) is 0 Å². The summed E-state index contributed by atoms with van der Waals surface area (Å²) in [5, 5.41) is 8.07. The maximum Gasteiger partial charge on any atom is 0.194 e. The molecule has 0 aromatic carbocycles. The maximum atomic E-state index is 5.72. The van der Waals surface area contributed by atoms with Crippen LogP contribution in [0.3, 0.4) is 0 Å². The van der Waals surface area contributed by atoms with Gasteiger partial charge in [0.1, 0.15) is 5.76 Å². The van der Waals surface area contributed by atoms with Crippen molar-refractivity contribution in [1.29, 1.82) is 0 Å². The summed E-state index contributed by atoms with van der Waals surface area (Å²) in [6.07, 6.45) is 3.85. The molecule has 0 saturated heterocycles. The fourth-order valence-electron chi connectivity index (χ4n) is 3.67. The molecule has 0 aliphatic rings. The van der Waals surface area contributed by atoms with Gasteiger partial charge in [-0.1, -0.05) is 27.7 Å². The summed E-state index contributed by atoms with van der Waals surface area (Å²) in [5.41, 5.74) is 2.38. The van der Waals surface area contributed by atoms with Crippen LogP contribution < -0.4 is 5.32 Å². The molecule has 1 atom stereocenters. The average Bonchev–Trinajstić information content (AvgIpc) is 3.33. The van der Waals surface area contributed by atoms with Crippen LogP contribution in [-0.2, 0) is 13.6 Å². The van der Waals surface area contributed by atoms with Crippen LogP contribution >= 0.6 is 0 Å². The molecule has 2 rings (SSSR count). The molecule has 29 heavy (non-hydrogen) atoms. The van der Waals surface area contributed by atoms with E-state index in [-0.39, 0.29) is 6.04 Å². The minimum absolute atomic E-state index is 0.131. The number of likely N-dealkylation sites (N-methyl/N-ethyl adjacent to an activating group) is 1. The molecular formula is C22H38N6O. The predicted octanol–water partition coefficient (Wildman–Crippen LogP) is 3.62. The minimum atomic E-state index is 0.131. The molecule has 7 nitrogen and oxygen atoms in total. The lowest BCUT2D eigenvalue weighted by molar-refractivity contribution is 0.198. The fraction of sp³-hybridized carbons (Fsp3) is 0.636. The van der Waals surface area contributed by atoms with Gasteiger partial charge >= 0.3 is 0 Å². The van der Waals surface area contributed by atoms with Gasteiger partial charge < -0.3 is 14.6 Å². The van der Waals surface area contributed by atoms with Gasteiger partial charge in [0.05, 0.1) is 24.5 Å². The molecule has 2 aromatic heterocycles. The van der Waals surface area contributed by atoms with E-state index in [2.05, 4.69) is 68.1 Å². The average molecular weight is 403 g/mol. The molecular weight excluding hydrogens is 364 g/mol. The van der Waals surface area contributed by atoms with Crippen molar-refractivity contribution in [1.82, 2.24) is 24.9 Å². The number of aromatic nitrogens is 2. The zero-order valence-corrected chi connectivity index (χ0v) is 19.1. The summed E-state index contributed by atoms with van der Waals surface area (Å²) < 4.78 is 7.62. The normalized spacial score (nSPS) is 13.3. The molecule has 2 aromatic rings. The number of guanidine groups is 1. The molecule has 1 N–H and O–H groups in total. The van der Waals surface area contributed by atoms with Crippen molar-refractivity contribution in [2.24, 2.45) is 12.0 Å². The first-order valence-electron chi connectivity index (χ1n) is 10.7. The highest BCUT2D eigenvalue weighted by atomic mass is 16.3. The van der Waals surface area contributed by atoms with E-state index in [1.54, 1.807) is 6.26 Å². The van der Waals surface area contributed by atoms with Gasteiger partial charge in [0.25, 0.3) is 0 Å². The number of hydrogen-bond donors (Lipinski definition) is 1. The van der Waals surface area contributed by atoms with Crippen LogP contribution in [0, 0.1) is 0 Å². The van der Waals surface area contributed by atoms with Crippen molar-refractivity contribution in [3.05, 3.63) is 41.6 Å². The van der Waals surface area contributed by atoms with Crippen molar-refractivity contribution >= 4 is 5.96 Å². The quantitative estimate of drug-likeness (QED) is 0.486. The highest BCUT2D eigenvalue weighted by Crippen LogP contribution is 2.22. The second-order valence-corrected chi connectivity index (χ2v) is 7.67. The number of aryl methyl sites for hydroxylation is 1. The first kappa shape index (κ1) is 23.0. The largest absolute Gasteiger partial charge is 0.468 e. The molecule has 0 aliphatic carbocycles. The van der Waals surface area contributed by atoms with E-state index in [1.165, 1.54) is 5.56 Å². The summed E-state index contributed by atoms with van der Waals surface area (Å²) in [7, 11) is 4.06. The standard InChI is InChI=1S/C22H38N6O/c1-8-23-22(26(6)15-18-16-27(7)25-21(18)17(4)5)24-14-19(28(9-2)10-3)20-12-11-13-29-20/h11-13,16-17,19H,8-10,14-15H2,1-7H3,(H,23,24). The molecule has 0 fully saturated rings. The third-order valence-corrected chi connectivity index (χ3v) is 5.13. The molecule has 0 bridgehead atoms. The highest BCUT2D eigenvalue weighted by Gasteiger charge is 2.21. The topological polar surface area (TPSA) is 61.8 Å². The van der Waals surface area contributed by atoms with Crippen molar-refractivity contribution in [3.63, 3.8) is 0 Å². The fourth-order valence-corrected chi connectivity index (χ4v) is 3.67. The lowest BCUT2D eigenvalue weighted by Crippen LogP contribution is -2.39. The second kappa shape index (κ2) is 11.0. The Morgan fingerprint density at radius 2 is 2.00 bits per heavy atom. The third kappa shape index (κ3) is 6.10. The number of aliphatic imine (C=N–C) groups is 1. The van der Waals surface area contributed by atoms with Crippen LogP contribution in [0.15, 0.2) is 34.0 Å². The number of nitrogens with zero attached hydrogens (tertiary/aromatic N) is 5. The second-order valence-electron chi connectivity index (χ2n) is 7.67. The van der Waals surface area contributed by atoms with Crippen molar-refractivity contribution in [2.75, 3.05) is 33.2 Å². The van der Waals surface area contributed by atoms with Crippen molar-refractivity contribution in [2.45, 2.75) is 53.1 Å². The molecule has 0 aliphatic heterocycles. The Balaban J connectivity index is 2.21. The SMILES string of the molecule is CCNC(=NCC(c1ccco1)N(CC)CC)N(C)Cc1cn(C)nc1C(C)C. The van der Waals surface area contributed by atoms with Crippen LogP contribution in [0.4, 0.5) is 0 Å². The van der Waals surface area contributed by atoms with E-state index in [0.29, 0.717) is 12.5 Å².